The van der Waals surface area contributed by atoms with Crippen LogP contribution in [0.3, 0.4) is 0 Å². The van der Waals surface area contributed by atoms with Crippen LogP contribution in [-0.4, -0.2) is 17.0 Å². The number of thiophene rings is 1. The molecule has 0 aromatic carbocycles. The van der Waals surface area contributed by atoms with Gasteiger partial charge in [-0.1, -0.05) is 27.7 Å². The second-order valence-corrected chi connectivity index (χ2v) is 8.41. The van der Waals surface area contributed by atoms with Gasteiger partial charge in [0, 0.05) is 10.8 Å². The van der Waals surface area contributed by atoms with E-state index in [1.54, 1.807) is 0 Å². The Kier molecular flexibility index (Phi) is 4.95. The summed E-state index contributed by atoms with van der Waals surface area (Å²) >= 11 is 1.25. The maximum absolute atomic E-state index is 12.4. The smallest absolute Gasteiger partial charge is 0.348 e. The van der Waals surface area contributed by atoms with Gasteiger partial charge in [-0.3, -0.25) is 4.79 Å². The van der Waals surface area contributed by atoms with Crippen LogP contribution in [0.2, 0.25) is 0 Å². The van der Waals surface area contributed by atoms with E-state index in [4.69, 9.17) is 0 Å². The Balaban J connectivity index is 2.16. The van der Waals surface area contributed by atoms with Crippen LogP contribution in [0.15, 0.2) is 6.07 Å². The van der Waals surface area contributed by atoms with Crippen molar-refractivity contribution < 1.29 is 14.7 Å². The van der Waals surface area contributed by atoms with Gasteiger partial charge in [-0.05, 0) is 43.1 Å². The Hall–Kier alpha value is -1.36. The lowest BCUT2D eigenvalue weighted by atomic mass is 9.82. The fourth-order valence-electron chi connectivity index (χ4n) is 2.77. The first-order chi connectivity index (χ1) is 10.2. The minimum absolute atomic E-state index is 0.0100. The van der Waals surface area contributed by atoms with E-state index >= 15 is 0 Å². The highest BCUT2D eigenvalue weighted by Crippen LogP contribution is 2.36. The van der Waals surface area contributed by atoms with Crippen LogP contribution in [0.4, 0.5) is 5.69 Å². The molecule has 4 nitrogen and oxygen atoms in total. The number of hydrogen-bond acceptors (Lipinski definition) is 3. The average Bonchev–Trinajstić information content (AvgIpc) is 2.83. The predicted octanol–water partition coefficient (Wildman–Crippen LogP) is 4.51. The zero-order valence-electron chi connectivity index (χ0n) is 13.7. The molecule has 0 saturated heterocycles. The molecule has 22 heavy (non-hydrogen) atoms. The van der Waals surface area contributed by atoms with Gasteiger partial charge in [0.25, 0.3) is 0 Å². The molecule has 1 heterocycles. The van der Waals surface area contributed by atoms with Crippen molar-refractivity contribution >= 4 is 28.9 Å². The van der Waals surface area contributed by atoms with Gasteiger partial charge in [0.05, 0.1) is 5.69 Å². The lowest BCUT2D eigenvalue weighted by Crippen LogP contribution is -2.27. The van der Waals surface area contributed by atoms with Crippen LogP contribution in [-0.2, 0) is 10.2 Å². The van der Waals surface area contributed by atoms with E-state index in [-0.39, 0.29) is 22.1 Å². The molecule has 0 aliphatic heterocycles. The molecule has 122 valence electrons. The summed E-state index contributed by atoms with van der Waals surface area (Å²) in [4.78, 5) is 25.0. The quantitative estimate of drug-likeness (QED) is 0.860. The van der Waals surface area contributed by atoms with Gasteiger partial charge in [0.2, 0.25) is 5.91 Å². The van der Waals surface area contributed by atoms with Crippen LogP contribution in [0, 0.1) is 11.8 Å². The number of carbonyl (C=O) groups excluding carboxylic acids is 1. The molecule has 0 radical (unpaired) electrons. The van der Waals surface area contributed by atoms with E-state index in [0.29, 0.717) is 11.6 Å². The zero-order chi connectivity index (χ0) is 16.5. The molecule has 1 amide bonds. The van der Waals surface area contributed by atoms with E-state index in [1.807, 2.05) is 26.8 Å². The Morgan fingerprint density at radius 3 is 2.32 bits per heavy atom. The number of carboxylic acid groups (broad SMARTS) is 1. The summed E-state index contributed by atoms with van der Waals surface area (Å²) in [6.45, 7) is 8.33. The minimum atomic E-state index is -0.979. The van der Waals surface area contributed by atoms with Crippen molar-refractivity contribution in [3.05, 3.63) is 15.8 Å². The van der Waals surface area contributed by atoms with Crippen molar-refractivity contribution in [2.75, 3.05) is 5.32 Å². The van der Waals surface area contributed by atoms with Crippen LogP contribution < -0.4 is 5.32 Å². The Morgan fingerprint density at radius 1 is 1.23 bits per heavy atom. The van der Waals surface area contributed by atoms with Gasteiger partial charge < -0.3 is 10.4 Å². The summed E-state index contributed by atoms with van der Waals surface area (Å²) in [5.41, 5.74) is 0.323. The highest BCUT2D eigenvalue weighted by atomic mass is 32.1. The third kappa shape index (κ3) is 3.88. The third-order valence-electron chi connectivity index (χ3n) is 4.31. The van der Waals surface area contributed by atoms with E-state index in [1.165, 1.54) is 11.3 Å². The lowest BCUT2D eigenvalue weighted by Gasteiger charge is -2.25. The van der Waals surface area contributed by atoms with E-state index in [2.05, 4.69) is 12.2 Å². The first-order valence-corrected chi connectivity index (χ1v) is 8.68. The number of amides is 1. The molecule has 0 spiro atoms. The largest absolute Gasteiger partial charge is 0.477 e. The lowest BCUT2D eigenvalue weighted by molar-refractivity contribution is -0.121. The number of hydrogen-bond donors (Lipinski definition) is 2. The predicted molar refractivity (Wildman–Crippen MR) is 89.7 cm³/mol. The SMILES string of the molecule is CC1CCC(C(=O)Nc2cc(C(C)(C)C)sc2C(=O)O)CC1. The van der Waals surface area contributed by atoms with Crippen molar-refractivity contribution in [3.8, 4) is 0 Å². The molecule has 1 aromatic rings. The highest BCUT2D eigenvalue weighted by Gasteiger charge is 2.27. The summed E-state index contributed by atoms with van der Waals surface area (Å²) in [5.74, 6) is -0.316. The number of carboxylic acids is 1. The Morgan fingerprint density at radius 2 is 1.82 bits per heavy atom. The molecule has 2 N–H and O–H groups in total. The molecular weight excluding hydrogens is 298 g/mol. The molecule has 1 fully saturated rings. The first kappa shape index (κ1) is 17.0. The molecule has 1 aromatic heterocycles. The molecule has 1 aliphatic rings. The summed E-state index contributed by atoms with van der Waals surface area (Å²) in [6.07, 6.45) is 3.93. The molecule has 1 saturated carbocycles. The van der Waals surface area contributed by atoms with Crippen LogP contribution in [0.25, 0.3) is 0 Å². The van der Waals surface area contributed by atoms with Crippen molar-refractivity contribution in [1.29, 1.82) is 0 Å². The summed E-state index contributed by atoms with van der Waals surface area (Å²) in [5, 5.41) is 12.2. The number of anilines is 1. The minimum Gasteiger partial charge on any atom is -0.477 e. The van der Waals surface area contributed by atoms with Gasteiger partial charge in [-0.25, -0.2) is 4.79 Å². The van der Waals surface area contributed by atoms with Crippen molar-refractivity contribution in [2.24, 2.45) is 11.8 Å². The van der Waals surface area contributed by atoms with Crippen LogP contribution in [0.5, 0.6) is 0 Å². The number of aromatic carboxylic acids is 1. The van der Waals surface area contributed by atoms with Gasteiger partial charge in [0.1, 0.15) is 4.88 Å². The van der Waals surface area contributed by atoms with Crippen molar-refractivity contribution in [2.45, 2.75) is 58.8 Å². The summed E-state index contributed by atoms with van der Waals surface area (Å²) in [6, 6.07) is 1.82. The van der Waals surface area contributed by atoms with Gasteiger partial charge in [0.15, 0.2) is 0 Å². The van der Waals surface area contributed by atoms with Gasteiger partial charge in [-0.15, -0.1) is 11.3 Å². The standard InChI is InChI=1S/C17H25NO3S/c1-10-5-7-11(8-6-10)15(19)18-12-9-13(17(2,3)4)22-14(12)16(20)21/h9-11H,5-8H2,1-4H3,(H,18,19)(H,20,21). The second kappa shape index (κ2) is 6.41. The summed E-state index contributed by atoms with van der Waals surface area (Å²) < 4.78 is 0. The van der Waals surface area contributed by atoms with E-state index in [0.717, 1.165) is 30.6 Å². The van der Waals surface area contributed by atoms with E-state index < -0.39 is 5.97 Å². The fourth-order valence-corrected chi connectivity index (χ4v) is 3.78. The van der Waals surface area contributed by atoms with Gasteiger partial charge >= 0.3 is 5.97 Å². The monoisotopic (exact) mass is 323 g/mol. The molecule has 0 atom stereocenters. The number of nitrogens with one attached hydrogen (secondary N) is 1. The fraction of sp³-hybridized carbons (Fsp3) is 0.647. The van der Waals surface area contributed by atoms with Crippen LogP contribution >= 0.6 is 11.3 Å². The Labute approximate surface area is 135 Å². The molecule has 2 rings (SSSR count). The molecule has 0 unspecified atom stereocenters. The first-order valence-electron chi connectivity index (χ1n) is 7.87. The molecule has 5 heteroatoms. The molecular formula is C17H25NO3S. The molecule has 1 aliphatic carbocycles. The average molecular weight is 323 g/mol. The number of carbonyl (C=O) groups is 2. The topological polar surface area (TPSA) is 66.4 Å². The van der Waals surface area contributed by atoms with Crippen molar-refractivity contribution in [3.63, 3.8) is 0 Å². The summed E-state index contributed by atoms with van der Waals surface area (Å²) in [7, 11) is 0. The van der Waals surface area contributed by atoms with Gasteiger partial charge in [-0.2, -0.15) is 0 Å². The highest BCUT2D eigenvalue weighted by molar-refractivity contribution is 7.14. The second-order valence-electron chi connectivity index (χ2n) is 7.35. The maximum Gasteiger partial charge on any atom is 0.348 e. The maximum atomic E-state index is 12.4. The zero-order valence-corrected chi connectivity index (χ0v) is 14.5. The molecule has 0 bridgehead atoms. The normalized spacial score (nSPS) is 22.4. The third-order valence-corrected chi connectivity index (χ3v) is 5.86. The van der Waals surface area contributed by atoms with Crippen LogP contribution in [0.1, 0.15) is 67.9 Å². The van der Waals surface area contributed by atoms with E-state index in [9.17, 15) is 14.7 Å². The number of rotatable bonds is 3. The Bertz CT molecular complexity index is 563. The van der Waals surface area contributed by atoms with Crippen molar-refractivity contribution in [1.82, 2.24) is 0 Å².